The lowest BCUT2D eigenvalue weighted by Gasteiger charge is -2.08. The predicted octanol–water partition coefficient (Wildman–Crippen LogP) is 3.00. The van der Waals surface area contributed by atoms with Crippen LogP contribution in [-0.2, 0) is 0 Å². The number of hydrogen-bond acceptors (Lipinski definition) is 5. The summed E-state index contributed by atoms with van der Waals surface area (Å²) in [6, 6.07) is 11.1. The highest BCUT2D eigenvalue weighted by molar-refractivity contribution is 5.76. The van der Waals surface area contributed by atoms with Gasteiger partial charge in [-0.25, -0.2) is 14.4 Å². The molecule has 0 aliphatic heterocycles. The minimum atomic E-state index is -0.370. The minimum Gasteiger partial charge on any atom is -0.463 e. The number of benzene rings is 1. The minimum absolute atomic E-state index is 0.0136. The molecule has 1 aromatic carbocycles. The van der Waals surface area contributed by atoms with Gasteiger partial charge in [0.15, 0.2) is 5.76 Å². The number of aromatic nitrogens is 2. The number of nitrogen functional groups attached to an aromatic ring is 1. The number of halogens is 1. The van der Waals surface area contributed by atoms with Crippen molar-refractivity contribution in [3.63, 3.8) is 0 Å². The Hall–Kier alpha value is -3.20. The van der Waals surface area contributed by atoms with Gasteiger partial charge in [0, 0.05) is 5.56 Å². The molecule has 0 spiro atoms. The number of hydrogen-bond donors (Lipinski definition) is 1. The summed E-state index contributed by atoms with van der Waals surface area (Å²) in [5.41, 5.74) is 7.17. The molecule has 3 aromatic rings. The lowest BCUT2D eigenvalue weighted by molar-refractivity contribution is 0.580. The van der Waals surface area contributed by atoms with Gasteiger partial charge in [-0.3, -0.25) is 0 Å². The number of furan rings is 1. The van der Waals surface area contributed by atoms with Crippen molar-refractivity contribution in [3.05, 3.63) is 54.0 Å². The van der Waals surface area contributed by atoms with Crippen LogP contribution in [0.5, 0.6) is 0 Å². The van der Waals surface area contributed by atoms with E-state index >= 15 is 0 Å². The first kappa shape index (κ1) is 12.8. The van der Waals surface area contributed by atoms with Crippen LogP contribution in [0.2, 0.25) is 0 Å². The molecule has 0 aliphatic rings. The van der Waals surface area contributed by atoms with Crippen LogP contribution < -0.4 is 5.73 Å². The average Bonchev–Trinajstić information content (AvgIpc) is 3.01. The van der Waals surface area contributed by atoms with Crippen molar-refractivity contribution in [2.45, 2.75) is 0 Å². The van der Waals surface area contributed by atoms with E-state index in [0.717, 1.165) is 0 Å². The Bertz CT molecular complexity index is 820. The molecule has 3 rings (SSSR count). The maximum atomic E-state index is 13.0. The highest BCUT2D eigenvalue weighted by Crippen LogP contribution is 2.30. The van der Waals surface area contributed by atoms with Gasteiger partial charge in [-0.05, 0) is 36.4 Å². The molecule has 21 heavy (non-hydrogen) atoms. The predicted molar refractivity (Wildman–Crippen MR) is 74.3 cm³/mol. The molecule has 102 valence electrons. The smallest absolute Gasteiger partial charge is 0.221 e. The number of nitrogens with zero attached hydrogens (tertiary/aromatic N) is 3. The molecule has 0 atom stereocenters. The van der Waals surface area contributed by atoms with Gasteiger partial charge < -0.3 is 10.2 Å². The summed E-state index contributed by atoms with van der Waals surface area (Å²) in [5.74, 6) is 0.0641. The second-order valence-electron chi connectivity index (χ2n) is 4.25. The third kappa shape index (κ3) is 2.32. The highest BCUT2D eigenvalue weighted by atomic mass is 19.1. The monoisotopic (exact) mass is 280 g/mol. The van der Waals surface area contributed by atoms with Gasteiger partial charge in [-0.1, -0.05) is 0 Å². The third-order valence-corrected chi connectivity index (χ3v) is 2.91. The van der Waals surface area contributed by atoms with Gasteiger partial charge in [-0.15, -0.1) is 0 Å². The zero-order chi connectivity index (χ0) is 14.8. The fourth-order valence-electron chi connectivity index (χ4n) is 1.99. The first-order valence-electron chi connectivity index (χ1n) is 6.06. The van der Waals surface area contributed by atoms with Gasteiger partial charge in [0.2, 0.25) is 5.95 Å². The lowest BCUT2D eigenvalue weighted by Crippen LogP contribution is -2.02. The Labute approximate surface area is 119 Å². The molecule has 0 amide bonds. The summed E-state index contributed by atoms with van der Waals surface area (Å²) in [7, 11) is 0. The van der Waals surface area contributed by atoms with Gasteiger partial charge in [-0.2, -0.15) is 5.26 Å². The Morgan fingerprint density at radius 2 is 1.81 bits per heavy atom. The Kier molecular flexibility index (Phi) is 3.09. The zero-order valence-electron chi connectivity index (χ0n) is 10.7. The average molecular weight is 280 g/mol. The molecule has 2 aromatic heterocycles. The summed E-state index contributed by atoms with van der Waals surface area (Å²) in [5, 5.41) is 9.42. The fourth-order valence-corrected chi connectivity index (χ4v) is 1.99. The maximum absolute atomic E-state index is 13.0. The van der Waals surface area contributed by atoms with Crippen LogP contribution in [0.1, 0.15) is 5.56 Å². The largest absolute Gasteiger partial charge is 0.463 e. The van der Waals surface area contributed by atoms with Crippen molar-refractivity contribution in [2.24, 2.45) is 0 Å². The summed E-state index contributed by atoms with van der Waals surface area (Å²) < 4.78 is 18.3. The molecular formula is C15H9FN4O. The molecule has 0 unspecified atom stereocenters. The SMILES string of the molecule is N#Cc1c(-c2ccc(F)cc2)nc(N)nc1-c1ccco1. The Morgan fingerprint density at radius 1 is 1.10 bits per heavy atom. The van der Waals surface area contributed by atoms with Crippen molar-refractivity contribution < 1.29 is 8.81 Å². The standard InChI is InChI=1S/C15H9FN4O/c16-10-5-3-9(4-6-10)13-11(8-17)14(20-15(18)19-13)12-2-1-7-21-12/h1-7H,(H2,18,19,20). The molecule has 0 saturated carbocycles. The van der Waals surface area contributed by atoms with Crippen LogP contribution in [0.3, 0.4) is 0 Å². The van der Waals surface area contributed by atoms with Gasteiger partial charge in [0.1, 0.15) is 23.1 Å². The summed E-state index contributed by atoms with van der Waals surface area (Å²) >= 11 is 0. The van der Waals surface area contributed by atoms with E-state index in [1.165, 1.54) is 30.5 Å². The van der Waals surface area contributed by atoms with Crippen molar-refractivity contribution in [1.82, 2.24) is 9.97 Å². The van der Waals surface area contributed by atoms with Crippen LogP contribution in [0.15, 0.2) is 47.1 Å². The highest BCUT2D eigenvalue weighted by Gasteiger charge is 2.18. The lowest BCUT2D eigenvalue weighted by atomic mass is 10.0. The normalized spacial score (nSPS) is 10.3. The number of anilines is 1. The molecule has 0 saturated heterocycles. The van der Waals surface area contributed by atoms with Gasteiger partial charge >= 0.3 is 0 Å². The van der Waals surface area contributed by atoms with Crippen molar-refractivity contribution in [2.75, 3.05) is 5.73 Å². The van der Waals surface area contributed by atoms with Crippen LogP contribution >= 0.6 is 0 Å². The molecule has 6 heteroatoms. The second-order valence-corrected chi connectivity index (χ2v) is 4.25. The molecule has 2 heterocycles. The van der Waals surface area contributed by atoms with Crippen LogP contribution in [0.25, 0.3) is 22.7 Å². The van der Waals surface area contributed by atoms with E-state index in [9.17, 15) is 9.65 Å². The number of rotatable bonds is 2. The van der Waals surface area contributed by atoms with Gasteiger partial charge in [0.25, 0.3) is 0 Å². The van der Waals surface area contributed by atoms with Crippen molar-refractivity contribution >= 4 is 5.95 Å². The van der Waals surface area contributed by atoms with E-state index in [1.807, 2.05) is 0 Å². The fraction of sp³-hybridized carbons (Fsp3) is 0. The van der Waals surface area contributed by atoms with Gasteiger partial charge in [0.05, 0.1) is 12.0 Å². The molecular weight excluding hydrogens is 271 g/mol. The first-order valence-corrected chi connectivity index (χ1v) is 6.06. The maximum Gasteiger partial charge on any atom is 0.221 e. The summed E-state index contributed by atoms with van der Waals surface area (Å²) in [4.78, 5) is 8.16. The molecule has 0 aliphatic carbocycles. The van der Waals surface area contributed by atoms with Crippen LogP contribution in [0.4, 0.5) is 10.3 Å². The van der Waals surface area contributed by atoms with Crippen molar-refractivity contribution in [1.29, 1.82) is 5.26 Å². The number of nitriles is 1. The first-order chi connectivity index (χ1) is 10.2. The quantitative estimate of drug-likeness (QED) is 0.779. The van der Waals surface area contributed by atoms with E-state index in [4.69, 9.17) is 10.2 Å². The Morgan fingerprint density at radius 3 is 2.43 bits per heavy atom. The van der Waals surface area contributed by atoms with E-state index < -0.39 is 0 Å². The summed E-state index contributed by atoms with van der Waals surface area (Å²) in [6.07, 6.45) is 1.48. The Balaban J connectivity index is 2.26. The molecule has 2 N–H and O–H groups in total. The van der Waals surface area contributed by atoms with Crippen LogP contribution in [0, 0.1) is 17.1 Å². The third-order valence-electron chi connectivity index (χ3n) is 2.91. The molecule has 0 bridgehead atoms. The molecule has 5 nitrogen and oxygen atoms in total. The number of nitrogens with two attached hydrogens (primary N) is 1. The molecule has 0 fully saturated rings. The van der Waals surface area contributed by atoms with E-state index in [-0.39, 0.29) is 17.3 Å². The topological polar surface area (TPSA) is 88.7 Å². The van der Waals surface area contributed by atoms with Crippen LogP contribution in [-0.4, -0.2) is 9.97 Å². The van der Waals surface area contributed by atoms with E-state index in [0.29, 0.717) is 22.7 Å². The summed E-state index contributed by atoms with van der Waals surface area (Å²) in [6.45, 7) is 0. The van der Waals surface area contributed by atoms with E-state index in [1.54, 1.807) is 12.1 Å². The molecule has 0 radical (unpaired) electrons. The second kappa shape index (κ2) is 5.06. The van der Waals surface area contributed by atoms with E-state index in [2.05, 4.69) is 16.0 Å². The van der Waals surface area contributed by atoms with Crippen molar-refractivity contribution in [3.8, 4) is 28.8 Å². The zero-order valence-corrected chi connectivity index (χ0v) is 10.7.